The van der Waals surface area contributed by atoms with E-state index < -0.39 is 28.0 Å². The molecule has 0 saturated carbocycles. The molecule has 3 aromatic carbocycles. The number of amides is 4. The second-order valence-electron chi connectivity index (χ2n) is 8.69. The van der Waals surface area contributed by atoms with Gasteiger partial charge in [-0.15, -0.1) is 0 Å². The molecule has 202 valence electrons. The zero-order valence-electron chi connectivity index (χ0n) is 21.1. The van der Waals surface area contributed by atoms with Crippen LogP contribution in [-0.4, -0.2) is 32.9 Å². The summed E-state index contributed by atoms with van der Waals surface area (Å²) in [6.45, 7) is 4.45. The lowest BCUT2D eigenvalue weighted by molar-refractivity contribution is -0.122. The van der Waals surface area contributed by atoms with E-state index in [1.165, 1.54) is 36.4 Å². The number of benzene rings is 3. The lowest BCUT2D eigenvalue weighted by atomic mass is 10.1. The van der Waals surface area contributed by atoms with Gasteiger partial charge in [0.15, 0.2) is 5.75 Å². The summed E-state index contributed by atoms with van der Waals surface area (Å²) in [5, 5.41) is 2.18. The van der Waals surface area contributed by atoms with Crippen LogP contribution >= 0.6 is 15.9 Å². The molecule has 0 aromatic heterocycles. The molecule has 0 bridgehead atoms. The van der Waals surface area contributed by atoms with Crippen molar-refractivity contribution in [2.75, 3.05) is 11.5 Å². The van der Waals surface area contributed by atoms with Gasteiger partial charge in [0.05, 0.1) is 16.8 Å². The van der Waals surface area contributed by atoms with Gasteiger partial charge in [0.2, 0.25) is 0 Å². The highest BCUT2D eigenvalue weighted by Crippen LogP contribution is 2.31. The average Bonchev–Trinajstić information content (AvgIpc) is 2.89. The molecule has 1 aliphatic rings. The van der Waals surface area contributed by atoms with Crippen molar-refractivity contribution in [1.82, 2.24) is 5.32 Å². The largest absolute Gasteiger partial charge is 0.494 e. The van der Waals surface area contributed by atoms with Gasteiger partial charge in [0.25, 0.3) is 11.8 Å². The van der Waals surface area contributed by atoms with Gasteiger partial charge in [-0.05, 0) is 89.4 Å². The number of halogens is 1. The van der Waals surface area contributed by atoms with Gasteiger partial charge in [-0.1, -0.05) is 37.1 Å². The van der Waals surface area contributed by atoms with Crippen molar-refractivity contribution in [2.45, 2.75) is 31.6 Å². The van der Waals surface area contributed by atoms with Crippen LogP contribution in [0.1, 0.15) is 30.9 Å². The number of ether oxygens (including phenoxy) is 1. The van der Waals surface area contributed by atoms with Crippen molar-refractivity contribution >= 4 is 55.7 Å². The predicted octanol–water partition coefficient (Wildman–Crippen LogP) is 5.37. The van der Waals surface area contributed by atoms with Crippen LogP contribution in [0, 0.1) is 6.92 Å². The number of aryl methyl sites for hydroxylation is 1. The SMILES string of the molecule is CCCCOc1ccc(N2C(=O)NC(=O)/C(=C/c3ccc(OS(=O)(=O)c4ccc(C)cc4)c(Br)c3)C2=O)cc1. The molecule has 1 aliphatic heterocycles. The van der Waals surface area contributed by atoms with Gasteiger partial charge in [-0.2, -0.15) is 8.42 Å². The van der Waals surface area contributed by atoms with E-state index in [1.54, 1.807) is 36.4 Å². The van der Waals surface area contributed by atoms with E-state index in [9.17, 15) is 22.8 Å². The molecule has 0 aliphatic carbocycles. The second-order valence-corrected chi connectivity index (χ2v) is 11.1. The normalized spacial score (nSPS) is 14.9. The average molecular weight is 613 g/mol. The Bertz CT molecular complexity index is 1550. The number of hydrogen-bond acceptors (Lipinski definition) is 7. The number of hydrogen-bond donors (Lipinski definition) is 1. The first-order chi connectivity index (χ1) is 18.6. The lowest BCUT2D eigenvalue weighted by Crippen LogP contribution is -2.54. The van der Waals surface area contributed by atoms with Crippen LogP contribution < -0.4 is 19.1 Å². The summed E-state index contributed by atoms with van der Waals surface area (Å²) in [5.41, 5.74) is 1.30. The molecular weight excluding hydrogens is 588 g/mol. The summed E-state index contributed by atoms with van der Waals surface area (Å²) in [4.78, 5) is 39.1. The van der Waals surface area contributed by atoms with Gasteiger partial charge in [-0.25, -0.2) is 9.69 Å². The molecule has 0 radical (unpaired) electrons. The molecule has 1 saturated heterocycles. The van der Waals surface area contributed by atoms with Crippen molar-refractivity contribution in [3.8, 4) is 11.5 Å². The fourth-order valence-electron chi connectivity index (χ4n) is 3.63. The van der Waals surface area contributed by atoms with E-state index >= 15 is 0 Å². The van der Waals surface area contributed by atoms with Gasteiger partial charge in [-0.3, -0.25) is 14.9 Å². The number of unbranched alkanes of at least 4 members (excludes halogenated alkanes) is 1. The minimum absolute atomic E-state index is 0.000908. The fraction of sp³-hybridized carbons (Fsp3) is 0.179. The molecule has 1 heterocycles. The molecule has 3 aromatic rings. The smallest absolute Gasteiger partial charge is 0.339 e. The Hall–Kier alpha value is -3.96. The molecular formula is C28H25BrN2O7S. The molecule has 0 unspecified atom stereocenters. The van der Waals surface area contributed by atoms with E-state index in [4.69, 9.17) is 8.92 Å². The maximum Gasteiger partial charge on any atom is 0.339 e. The number of rotatable bonds is 9. The summed E-state index contributed by atoms with van der Waals surface area (Å²) in [6.07, 6.45) is 3.20. The summed E-state index contributed by atoms with van der Waals surface area (Å²) in [6, 6.07) is 16.1. The number of urea groups is 1. The first-order valence-corrected chi connectivity index (χ1v) is 14.2. The van der Waals surface area contributed by atoms with Crippen molar-refractivity contribution in [1.29, 1.82) is 0 Å². The van der Waals surface area contributed by atoms with Gasteiger partial charge >= 0.3 is 16.1 Å². The number of imide groups is 2. The summed E-state index contributed by atoms with van der Waals surface area (Å²) >= 11 is 3.29. The Morgan fingerprint density at radius 1 is 0.974 bits per heavy atom. The van der Waals surface area contributed by atoms with Gasteiger partial charge in [0.1, 0.15) is 16.2 Å². The molecule has 0 spiro atoms. The maximum absolute atomic E-state index is 13.2. The van der Waals surface area contributed by atoms with E-state index in [2.05, 4.69) is 28.2 Å². The summed E-state index contributed by atoms with van der Waals surface area (Å²) in [5.74, 6) is -1.03. The van der Waals surface area contributed by atoms with Crippen LogP contribution in [0.25, 0.3) is 6.08 Å². The predicted molar refractivity (Wildman–Crippen MR) is 149 cm³/mol. The topological polar surface area (TPSA) is 119 Å². The van der Waals surface area contributed by atoms with Crippen molar-refractivity contribution in [3.05, 3.63) is 87.9 Å². The van der Waals surface area contributed by atoms with E-state index in [0.29, 0.717) is 17.9 Å². The molecule has 11 heteroatoms. The Morgan fingerprint density at radius 2 is 1.67 bits per heavy atom. The molecule has 4 amide bonds. The lowest BCUT2D eigenvalue weighted by Gasteiger charge is -2.26. The number of nitrogens with one attached hydrogen (secondary N) is 1. The van der Waals surface area contributed by atoms with E-state index in [-0.39, 0.29) is 26.4 Å². The summed E-state index contributed by atoms with van der Waals surface area (Å²) in [7, 11) is -4.08. The third kappa shape index (κ3) is 6.55. The van der Waals surface area contributed by atoms with Crippen molar-refractivity contribution < 1.29 is 31.7 Å². The maximum atomic E-state index is 13.2. The zero-order valence-corrected chi connectivity index (χ0v) is 23.5. The number of nitrogens with zero attached hydrogens (tertiary/aromatic N) is 1. The summed E-state index contributed by atoms with van der Waals surface area (Å²) < 4.78 is 36.5. The van der Waals surface area contributed by atoms with Gasteiger partial charge < -0.3 is 8.92 Å². The first-order valence-electron chi connectivity index (χ1n) is 12.0. The Balaban J connectivity index is 1.55. The van der Waals surface area contributed by atoms with Crippen LogP contribution in [0.15, 0.2) is 81.7 Å². The number of carbonyl (C=O) groups excluding carboxylic acids is 3. The third-order valence-corrected chi connectivity index (χ3v) is 7.61. The van der Waals surface area contributed by atoms with Crippen LogP contribution in [0.4, 0.5) is 10.5 Å². The first kappa shape index (κ1) is 28.1. The van der Waals surface area contributed by atoms with Crippen molar-refractivity contribution in [2.24, 2.45) is 0 Å². The molecule has 9 nitrogen and oxygen atoms in total. The minimum atomic E-state index is -4.08. The van der Waals surface area contributed by atoms with Crippen LogP contribution in [0.2, 0.25) is 0 Å². The minimum Gasteiger partial charge on any atom is -0.494 e. The van der Waals surface area contributed by atoms with Crippen LogP contribution in [0.5, 0.6) is 11.5 Å². The third-order valence-electron chi connectivity index (χ3n) is 5.74. The molecule has 39 heavy (non-hydrogen) atoms. The second kappa shape index (κ2) is 11.8. The quantitative estimate of drug-likeness (QED) is 0.149. The number of barbiturate groups is 1. The number of carbonyl (C=O) groups is 3. The number of anilines is 1. The fourth-order valence-corrected chi connectivity index (χ4v) is 5.16. The Morgan fingerprint density at radius 3 is 2.31 bits per heavy atom. The highest BCUT2D eigenvalue weighted by atomic mass is 79.9. The Kier molecular flexibility index (Phi) is 8.51. The molecule has 1 N–H and O–H groups in total. The monoisotopic (exact) mass is 612 g/mol. The zero-order chi connectivity index (χ0) is 28.2. The van der Waals surface area contributed by atoms with Gasteiger partial charge in [0, 0.05) is 0 Å². The van der Waals surface area contributed by atoms with E-state index in [1.807, 2.05) is 6.92 Å². The van der Waals surface area contributed by atoms with Crippen molar-refractivity contribution in [3.63, 3.8) is 0 Å². The Labute approximate surface area is 234 Å². The molecule has 1 fully saturated rings. The standard InChI is InChI=1S/C28H25BrN2O7S/c1-3-4-15-37-21-10-8-20(9-11-21)31-27(33)23(26(32)30-28(31)34)16-19-7-14-25(24(29)17-19)38-39(35,36)22-12-5-18(2)6-13-22/h5-14,16-17H,3-4,15H2,1-2H3,(H,30,32,34)/b23-16-. The highest BCUT2D eigenvalue weighted by molar-refractivity contribution is 9.10. The van der Waals surface area contributed by atoms with Crippen LogP contribution in [0.3, 0.4) is 0 Å². The molecule has 0 atom stereocenters. The van der Waals surface area contributed by atoms with Crippen LogP contribution in [-0.2, 0) is 19.7 Å². The van der Waals surface area contributed by atoms with E-state index in [0.717, 1.165) is 23.3 Å². The molecule has 4 rings (SSSR count). The highest BCUT2D eigenvalue weighted by Gasteiger charge is 2.36.